The van der Waals surface area contributed by atoms with Gasteiger partial charge in [0.25, 0.3) is 0 Å². The number of amides is 3. The molecule has 2 aromatic carbocycles. The molecular formula is C20H22ClN3O4. The number of aryl methyl sites for hydroxylation is 1. The summed E-state index contributed by atoms with van der Waals surface area (Å²) in [5.74, 6) is 0.855. The molecule has 1 aliphatic rings. The summed E-state index contributed by atoms with van der Waals surface area (Å²) in [5, 5.41) is 3.35. The molecule has 0 spiro atoms. The Morgan fingerprint density at radius 2 is 1.86 bits per heavy atom. The van der Waals surface area contributed by atoms with Crippen molar-refractivity contribution < 1.29 is 19.1 Å². The molecule has 3 amide bonds. The molecule has 1 saturated heterocycles. The minimum atomic E-state index is -0.276. The maximum atomic E-state index is 12.7. The number of hydrogen-bond donors (Lipinski definition) is 1. The highest BCUT2D eigenvalue weighted by Crippen LogP contribution is 2.32. The van der Waals surface area contributed by atoms with Crippen LogP contribution >= 0.6 is 11.6 Å². The standard InChI is InChI=1S/C20H22ClN3O4/c1-13-4-5-14(10-16(13)21)22-19(25)12-23-8-9-24(20(23)26)15-6-7-17(27-2)18(11-15)28-3/h4-7,10-11H,8-9,12H2,1-3H3,(H,22,25). The van der Waals surface area contributed by atoms with Gasteiger partial charge in [0.1, 0.15) is 6.54 Å². The minimum Gasteiger partial charge on any atom is -0.493 e. The molecule has 2 aromatic rings. The van der Waals surface area contributed by atoms with E-state index in [1.54, 1.807) is 49.5 Å². The van der Waals surface area contributed by atoms with E-state index in [0.29, 0.717) is 41.0 Å². The number of carbonyl (C=O) groups is 2. The van der Waals surface area contributed by atoms with Gasteiger partial charge in [-0.25, -0.2) is 4.79 Å². The van der Waals surface area contributed by atoms with Gasteiger partial charge >= 0.3 is 6.03 Å². The van der Waals surface area contributed by atoms with Crippen LogP contribution in [-0.4, -0.2) is 50.7 Å². The molecule has 7 nitrogen and oxygen atoms in total. The molecule has 0 aromatic heterocycles. The number of rotatable bonds is 6. The summed E-state index contributed by atoms with van der Waals surface area (Å²) in [7, 11) is 3.10. The number of nitrogens with zero attached hydrogens (tertiary/aromatic N) is 2. The SMILES string of the molecule is COc1ccc(N2CCN(CC(=O)Nc3ccc(C)c(Cl)c3)C2=O)cc1OC. The van der Waals surface area contributed by atoms with Crippen LogP contribution in [0, 0.1) is 6.92 Å². The Hall–Kier alpha value is -2.93. The third-order valence-corrected chi connectivity index (χ3v) is 4.97. The lowest BCUT2D eigenvalue weighted by atomic mass is 10.2. The summed E-state index contributed by atoms with van der Waals surface area (Å²) in [6.07, 6.45) is 0. The van der Waals surface area contributed by atoms with E-state index in [1.807, 2.05) is 13.0 Å². The Balaban J connectivity index is 1.65. The topological polar surface area (TPSA) is 71.1 Å². The van der Waals surface area contributed by atoms with Crippen molar-refractivity contribution in [3.05, 3.63) is 47.0 Å². The van der Waals surface area contributed by atoms with Crippen molar-refractivity contribution in [2.75, 3.05) is 44.1 Å². The Kier molecular flexibility index (Phi) is 5.94. The van der Waals surface area contributed by atoms with Gasteiger partial charge in [0, 0.05) is 35.6 Å². The van der Waals surface area contributed by atoms with Crippen LogP contribution in [0.4, 0.5) is 16.2 Å². The lowest BCUT2D eigenvalue weighted by Crippen LogP contribution is -2.37. The van der Waals surface area contributed by atoms with Gasteiger partial charge in [-0.3, -0.25) is 9.69 Å². The minimum absolute atomic E-state index is 0.0336. The van der Waals surface area contributed by atoms with E-state index in [1.165, 1.54) is 4.90 Å². The first-order valence-electron chi connectivity index (χ1n) is 8.77. The van der Waals surface area contributed by atoms with Crippen molar-refractivity contribution in [1.82, 2.24) is 4.90 Å². The van der Waals surface area contributed by atoms with Crippen LogP contribution < -0.4 is 19.7 Å². The third kappa shape index (κ3) is 4.14. The molecule has 1 aliphatic heterocycles. The molecule has 0 aliphatic carbocycles. The van der Waals surface area contributed by atoms with Crippen LogP contribution in [-0.2, 0) is 4.79 Å². The van der Waals surface area contributed by atoms with Gasteiger partial charge in [0.15, 0.2) is 11.5 Å². The highest BCUT2D eigenvalue weighted by atomic mass is 35.5. The number of methoxy groups -OCH3 is 2. The normalized spacial score (nSPS) is 13.6. The molecule has 1 fully saturated rings. The van der Waals surface area contributed by atoms with E-state index in [0.717, 1.165) is 5.56 Å². The van der Waals surface area contributed by atoms with Gasteiger partial charge in [-0.15, -0.1) is 0 Å². The molecule has 1 N–H and O–H groups in total. The highest BCUT2D eigenvalue weighted by Gasteiger charge is 2.31. The number of benzene rings is 2. The Labute approximate surface area is 168 Å². The van der Waals surface area contributed by atoms with Gasteiger partial charge in [-0.2, -0.15) is 0 Å². The fourth-order valence-electron chi connectivity index (χ4n) is 3.01. The third-order valence-electron chi connectivity index (χ3n) is 4.56. The second kappa shape index (κ2) is 8.39. The quantitative estimate of drug-likeness (QED) is 0.800. The summed E-state index contributed by atoms with van der Waals surface area (Å²) in [4.78, 5) is 28.2. The van der Waals surface area contributed by atoms with Crippen molar-refractivity contribution in [3.8, 4) is 11.5 Å². The number of hydrogen-bond acceptors (Lipinski definition) is 4. The first-order valence-corrected chi connectivity index (χ1v) is 9.15. The molecule has 0 unspecified atom stereocenters. The van der Waals surface area contributed by atoms with Crippen LogP contribution in [0.5, 0.6) is 11.5 Å². The van der Waals surface area contributed by atoms with E-state index < -0.39 is 0 Å². The lowest BCUT2D eigenvalue weighted by Gasteiger charge is -2.19. The first kappa shape index (κ1) is 19.8. The Bertz CT molecular complexity index is 903. The number of anilines is 2. The molecule has 28 heavy (non-hydrogen) atoms. The summed E-state index contributed by atoms with van der Waals surface area (Å²) >= 11 is 6.08. The molecule has 1 heterocycles. The molecule has 0 radical (unpaired) electrons. The summed E-state index contributed by atoms with van der Waals surface area (Å²) in [6, 6.07) is 10.4. The summed E-state index contributed by atoms with van der Waals surface area (Å²) in [6.45, 7) is 2.79. The number of halogens is 1. The number of ether oxygens (including phenoxy) is 2. The van der Waals surface area contributed by atoms with Gasteiger partial charge in [0.2, 0.25) is 5.91 Å². The van der Waals surface area contributed by atoms with Crippen LogP contribution in [0.1, 0.15) is 5.56 Å². The molecule has 0 atom stereocenters. The molecular weight excluding hydrogens is 382 g/mol. The average molecular weight is 404 g/mol. The van der Waals surface area contributed by atoms with Gasteiger partial charge in [0.05, 0.1) is 14.2 Å². The van der Waals surface area contributed by atoms with Crippen molar-refractivity contribution in [2.24, 2.45) is 0 Å². The lowest BCUT2D eigenvalue weighted by molar-refractivity contribution is -0.116. The van der Waals surface area contributed by atoms with Crippen LogP contribution in [0.2, 0.25) is 5.02 Å². The zero-order chi connectivity index (χ0) is 20.3. The molecule has 0 bridgehead atoms. The van der Waals surface area contributed by atoms with Crippen molar-refractivity contribution in [2.45, 2.75) is 6.92 Å². The molecule has 0 saturated carbocycles. The maximum absolute atomic E-state index is 12.7. The largest absolute Gasteiger partial charge is 0.493 e. The Morgan fingerprint density at radius 1 is 1.11 bits per heavy atom. The van der Waals surface area contributed by atoms with E-state index in [4.69, 9.17) is 21.1 Å². The van der Waals surface area contributed by atoms with E-state index >= 15 is 0 Å². The van der Waals surface area contributed by atoms with Crippen LogP contribution in [0.3, 0.4) is 0 Å². The van der Waals surface area contributed by atoms with E-state index in [9.17, 15) is 9.59 Å². The van der Waals surface area contributed by atoms with E-state index in [-0.39, 0.29) is 18.5 Å². The predicted octanol–water partition coefficient (Wildman–Crippen LogP) is 3.55. The fourth-order valence-corrected chi connectivity index (χ4v) is 3.19. The molecule has 8 heteroatoms. The maximum Gasteiger partial charge on any atom is 0.325 e. The second-order valence-electron chi connectivity index (χ2n) is 6.41. The van der Waals surface area contributed by atoms with Crippen molar-refractivity contribution in [3.63, 3.8) is 0 Å². The van der Waals surface area contributed by atoms with Crippen LogP contribution in [0.15, 0.2) is 36.4 Å². The number of nitrogens with one attached hydrogen (secondary N) is 1. The molecule has 148 valence electrons. The number of carbonyl (C=O) groups excluding carboxylic acids is 2. The highest BCUT2D eigenvalue weighted by molar-refractivity contribution is 6.31. The first-order chi connectivity index (χ1) is 13.4. The van der Waals surface area contributed by atoms with Crippen molar-refractivity contribution in [1.29, 1.82) is 0 Å². The Morgan fingerprint density at radius 3 is 2.54 bits per heavy atom. The monoisotopic (exact) mass is 403 g/mol. The fraction of sp³-hybridized carbons (Fsp3) is 0.300. The van der Waals surface area contributed by atoms with Crippen LogP contribution in [0.25, 0.3) is 0 Å². The van der Waals surface area contributed by atoms with Crippen molar-refractivity contribution >= 4 is 34.9 Å². The zero-order valence-corrected chi connectivity index (χ0v) is 16.7. The predicted molar refractivity (Wildman–Crippen MR) is 109 cm³/mol. The van der Waals surface area contributed by atoms with E-state index in [2.05, 4.69) is 5.32 Å². The zero-order valence-electron chi connectivity index (χ0n) is 16.0. The average Bonchev–Trinajstić information content (AvgIpc) is 3.04. The van der Waals surface area contributed by atoms with Gasteiger partial charge in [-0.1, -0.05) is 17.7 Å². The summed E-state index contributed by atoms with van der Waals surface area (Å²) < 4.78 is 10.5. The molecule has 3 rings (SSSR count). The van der Waals surface area contributed by atoms with Gasteiger partial charge in [-0.05, 0) is 36.8 Å². The number of urea groups is 1. The summed E-state index contributed by atoms with van der Waals surface area (Å²) in [5.41, 5.74) is 2.22. The van der Waals surface area contributed by atoms with Gasteiger partial charge < -0.3 is 19.7 Å². The smallest absolute Gasteiger partial charge is 0.325 e. The second-order valence-corrected chi connectivity index (χ2v) is 6.81.